The summed E-state index contributed by atoms with van der Waals surface area (Å²) in [6, 6.07) is 14.7. The van der Waals surface area contributed by atoms with Gasteiger partial charge in [0.15, 0.2) is 0 Å². The van der Waals surface area contributed by atoms with Gasteiger partial charge in [-0.2, -0.15) is 5.26 Å². The highest BCUT2D eigenvalue weighted by atomic mass is 16.1. The van der Waals surface area contributed by atoms with Gasteiger partial charge in [0.05, 0.1) is 22.5 Å². The summed E-state index contributed by atoms with van der Waals surface area (Å²) in [6.07, 6.45) is 1.79. The number of aromatic amines is 2. The van der Waals surface area contributed by atoms with E-state index >= 15 is 0 Å². The number of H-pyrrole nitrogens is 2. The van der Waals surface area contributed by atoms with E-state index < -0.39 is 0 Å². The van der Waals surface area contributed by atoms with E-state index in [1.165, 1.54) is 0 Å². The molecule has 4 aromatic rings. The van der Waals surface area contributed by atoms with E-state index in [1.54, 1.807) is 24.4 Å². The Hall–Kier alpha value is -3.39. The van der Waals surface area contributed by atoms with Crippen LogP contribution in [0.1, 0.15) is 5.56 Å². The molecule has 0 saturated heterocycles. The first-order valence-corrected chi connectivity index (χ1v) is 6.77. The van der Waals surface area contributed by atoms with Crippen molar-refractivity contribution in [3.8, 4) is 17.5 Å². The van der Waals surface area contributed by atoms with Crippen LogP contribution in [0.5, 0.6) is 0 Å². The van der Waals surface area contributed by atoms with Gasteiger partial charge in [0, 0.05) is 22.7 Å². The molecule has 0 bridgehead atoms. The van der Waals surface area contributed by atoms with E-state index in [4.69, 9.17) is 5.26 Å². The Bertz CT molecular complexity index is 1110. The third-order valence-electron chi connectivity index (χ3n) is 3.68. The first-order valence-electron chi connectivity index (χ1n) is 6.77. The van der Waals surface area contributed by atoms with Crippen molar-refractivity contribution < 1.29 is 0 Å². The third kappa shape index (κ3) is 1.79. The average molecular weight is 286 g/mol. The molecular formula is C17H10N4O. The predicted octanol–water partition coefficient (Wildman–Crippen LogP) is 2.94. The fraction of sp³-hybridized carbons (Fsp3) is 0. The van der Waals surface area contributed by atoms with Crippen LogP contribution in [-0.4, -0.2) is 15.0 Å². The highest BCUT2D eigenvalue weighted by Crippen LogP contribution is 2.27. The number of hydrogen-bond acceptors (Lipinski definition) is 3. The lowest BCUT2D eigenvalue weighted by Gasteiger charge is -2.02. The number of aromatic nitrogens is 3. The summed E-state index contributed by atoms with van der Waals surface area (Å²) in [5.41, 5.74) is 2.70. The van der Waals surface area contributed by atoms with Gasteiger partial charge in [-0.05, 0) is 30.3 Å². The Labute approximate surface area is 124 Å². The molecule has 5 nitrogen and oxygen atoms in total. The summed E-state index contributed by atoms with van der Waals surface area (Å²) in [4.78, 5) is 22.7. The molecule has 0 fully saturated rings. The molecule has 2 N–H and O–H groups in total. The van der Waals surface area contributed by atoms with Gasteiger partial charge in [-0.1, -0.05) is 12.1 Å². The maximum Gasteiger partial charge on any atom is 0.259 e. The second kappa shape index (κ2) is 4.57. The van der Waals surface area contributed by atoms with E-state index in [2.05, 4.69) is 21.0 Å². The minimum absolute atomic E-state index is 0.175. The van der Waals surface area contributed by atoms with E-state index in [1.807, 2.05) is 24.3 Å². The molecule has 0 aliphatic rings. The largest absolute Gasteiger partial charge is 0.360 e. The van der Waals surface area contributed by atoms with Gasteiger partial charge < -0.3 is 9.97 Å². The van der Waals surface area contributed by atoms with Crippen LogP contribution in [0.15, 0.2) is 53.5 Å². The van der Waals surface area contributed by atoms with Gasteiger partial charge in [0.25, 0.3) is 5.56 Å². The lowest BCUT2D eigenvalue weighted by molar-refractivity contribution is 1.18. The number of rotatable bonds is 1. The van der Waals surface area contributed by atoms with Crippen molar-refractivity contribution in [2.24, 2.45) is 0 Å². The van der Waals surface area contributed by atoms with Crippen molar-refractivity contribution in [3.05, 3.63) is 64.6 Å². The minimum atomic E-state index is -0.175. The monoisotopic (exact) mass is 286 g/mol. The maximum atomic E-state index is 12.2. The van der Waals surface area contributed by atoms with Crippen LogP contribution >= 0.6 is 0 Å². The zero-order valence-electron chi connectivity index (χ0n) is 11.4. The molecule has 4 rings (SSSR count). The normalized spacial score (nSPS) is 10.9. The van der Waals surface area contributed by atoms with Crippen molar-refractivity contribution in [1.29, 1.82) is 5.26 Å². The van der Waals surface area contributed by atoms with E-state index in [-0.39, 0.29) is 5.56 Å². The minimum Gasteiger partial charge on any atom is -0.360 e. The molecule has 0 amide bonds. The Kier molecular flexibility index (Phi) is 2.57. The number of nitrogens with zero attached hydrogens (tertiary/aromatic N) is 2. The summed E-state index contributed by atoms with van der Waals surface area (Å²) < 4.78 is 0. The molecule has 104 valence electrons. The fourth-order valence-corrected chi connectivity index (χ4v) is 2.60. The molecule has 0 aliphatic carbocycles. The number of benzene rings is 2. The highest BCUT2D eigenvalue weighted by molar-refractivity contribution is 5.95. The molecule has 0 spiro atoms. The summed E-state index contributed by atoms with van der Waals surface area (Å²) in [5.74, 6) is 0.491. The Morgan fingerprint density at radius 2 is 1.95 bits per heavy atom. The van der Waals surface area contributed by atoms with Crippen LogP contribution in [0.25, 0.3) is 33.2 Å². The zero-order chi connectivity index (χ0) is 15.1. The van der Waals surface area contributed by atoms with Crippen molar-refractivity contribution >= 4 is 21.8 Å². The SMILES string of the molecule is N#Cc1ccc2[nH]cc(-c3nc4ccccc4c(=O)[nH]3)c2c1. The van der Waals surface area contributed by atoms with Gasteiger partial charge in [0.1, 0.15) is 5.82 Å². The summed E-state index contributed by atoms with van der Waals surface area (Å²) in [6.45, 7) is 0. The van der Waals surface area contributed by atoms with Crippen LogP contribution in [0.2, 0.25) is 0 Å². The van der Waals surface area contributed by atoms with Crippen molar-refractivity contribution in [3.63, 3.8) is 0 Å². The Morgan fingerprint density at radius 3 is 2.82 bits per heavy atom. The molecule has 2 aromatic carbocycles. The fourth-order valence-electron chi connectivity index (χ4n) is 2.60. The summed E-state index contributed by atoms with van der Waals surface area (Å²) in [5, 5.41) is 10.5. The van der Waals surface area contributed by atoms with Gasteiger partial charge in [-0.3, -0.25) is 4.79 Å². The van der Waals surface area contributed by atoms with E-state index in [9.17, 15) is 4.79 Å². The van der Waals surface area contributed by atoms with Crippen LogP contribution in [0.3, 0.4) is 0 Å². The Morgan fingerprint density at radius 1 is 1.09 bits per heavy atom. The van der Waals surface area contributed by atoms with E-state index in [0.717, 1.165) is 16.5 Å². The summed E-state index contributed by atoms with van der Waals surface area (Å²) >= 11 is 0. The number of fused-ring (bicyclic) bond motifs is 2. The third-order valence-corrected chi connectivity index (χ3v) is 3.68. The van der Waals surface area contributed by atoms with Crippen LogP contribution in [0.4, 0.5) is 0 Å². The maximum absolute atomic E-state index is 12.2. The van der Waals surface area contributed by atoms with Crippen molar-refractivity contribution in [2.75, 3.05) is 0 Å². The molecule has 2 aromatic heterocycles. The molecule has 22 heavy (non-hydrogen) atoms. The first kappa shape index (κ1) is 12.4. The predicted molar refractivity (Wildman–Crippen MR) is 84.4 cm³/mol. The standard InChI is InChI=1S/C17H10N4O/c18-8-10-5-6-14-12(7-10)13(9-19-14)16-20-15-4-2-1-3-11(15)17(22)21-16/h1-7,9,19H,(H,20,21,22). The molecule has 0 radical (unpaired) electrons. The number of hydrogen-bond donors (Lipinski definition) is 2. The summed E-state index contributed by atoms with van der Waals surface area (Å²) in [7, 11) is 0. The lowest BCUT2D eigenvalue weighted by atomic mass is 10.1. The van der Waals surface area contributed by atoms with Gasteiger partial charge in [-0.25, -0.2) is 4.98 Å². The molecule has 2 heterocycles. The van der Waals surface area contributed by atoms with E-state index in [0.29, 0.717) is 22.3 Å². The second-order valence-corrected chi connectivity index (χ2v) is 5.01. The number of nitriles is 1. The molecule has 0 saturated carbocycles. The zero-order valence-corrected chi connectivity index (χ0v) is 11.4. The smallest absolute Gasteiger partial charge is 0.259 e. The van der Waals surface area contributed by atoms with Crippen molar-refractivity contribution in [1.82, 2.24) is 15.0 Å². The number of para-hydroxylation sites is 1. The topological polar surface area (TPSA) is 85.3 Å². The van der Waals surface area contributed by atoms with Crippen LogP contribution in [-0.2, 0) is 0 Å². The molecular weight excluding hydrogens is 276 g/mol. The number of nitrogens with one attached hydrogen (secondary N) is 2. The molecule has 5 heteroatoms. The van der Waals surface area contributed by atoms with Crippen LogP contribution < -0.4 is 5.56 Å². The Balaban J connectivity index is 2.03. The first-order chi connectivity index (χ1) is 10.8. The van der Waals surface area contributed by atoms with Gasteiger partial charge in [0.2, 0.25) is 0 Å². The van der Waals surface area contributed by atoms with Crippen LogP contribution in [0, 0.1) is 11.3 Å². The second-order valence-electron chi connectivity index (χ2n) is 5.01. The molecule has 0 unspecified atom stereocenters. The van der Waals surface area contributed by atoms with Gasteiger partial charge in [-0.15, -0.1) is 0 Å². The quantitative estimate of drug-likeness (QED) is 0.564. The van der Waals surface area contributed by atoms with Gasteiger partial charge >= 0.3 is 0 Å². The highest BCUT2D eigenvalue weighted by Gasteiger charge is 2.11. The average Bonchev–Trinajstić information content (AvgIpc) is 2.97. The van der Waals surface area contributed by atoms with Crippen molar-refractivity contribution in [2.45, 2.75) is 0 Å². The molecule has 0 aliphatic heterocycles. The lowest BCUT2D eigenvalue weighted by Crippen LogP contribution is -2.09. The molecule has 0 atom stereocenters.